The Labute approximate surface area is 138 Å². The third kappa shape index (κ3) is 4.19. The van der Waals surface area contributed by atoms with Crippen molar-refractivity contribution in [1.29, 1.82) is 0 Å². The molecule has 10 heteroatoms. The highest BCUT2D eigenvalue weighted by Gasteiger charge is 2.34. The molecule has 1 aromatic carbocycles. The van der Waals surface area contributed by atoms with Gasteiger partial charge in [0.05, 0.1) is 16.4 Å². The summed E-state index contributed by atoms with van der Waals surface area (Å²) in [6, 6.07) is 2.28. The number of halogens is 1. The highest BCUT2D eigenvalue weighted by Crippen LogP contribution is 2.27. The van der Waals surface area contributed by atoms with E-state index in [0.717, 1.165) is 18.2 Å². The molecule has 1 aliphatic heterocycles. The van der Waals surface area contributed by atoms with Crippen LogP contribution in [0, 0.1) is 15.9 Å². The number of nitro groups is 1. The van der Waals surface area contributed by atoms with Gasteiger partial charge >= 0.3 is 5.69 Å². The number of hydrogen-bond acceptors (Lipinski definition) is 6. The third-order valence-electron chi connectivity index (χ3n) is 3.78. The molecule has 8 nitrogen and oxygen atoms in total. The van der Waals surface area contributed by atoms with Gasteiger partial charge in [0.15, 0.2) is 16.4 Å². The lowest BCUT2D eigenvalue weighted by Gasteiger charge is -2.26. The van der Waals surface area contributed by atoms with E-state index in [1.807, 2.05) is 0 Å². The van der Waals surface area contributed by atoms with Crippen LogP contribution >= 0.6 is 0 Å². The van der Waals surface area contributed by atoms with E-state index in [1.165, 1.54) is 4.90 Å². The van der Waals surface area contributed by atoms with E-state index >= 15 is 0 Å². The number of benzene rings is 1. The fraction of sp³-hybridized carbons (Fsp3) is 0.500. The molecule has 1 amide bonds. The topological polar surface area (TPSA) is 107 Å². The van der Waals surface area contributed by atoms with Crippen LogP contribution in [0.15, 0.2) is 18.2 Å². The second-order valence-corrected chi connectivity index (χ2v) is 7.62. The van der Waals surface area contributed by atoms with E-state index in [4.69, 9.17) is 4.74 Å². The summed E-state index contributed by atoms with van der Waals surface area (Å²) >= 11 is 0. The van der Waals surface area contributed by atoms with Gasteiger partial charge in [-0.25, -0.2) is 12.8 Å². The van der Waals surface area contributed by atoms with Crippen molar-refractivity contribution in [2.45, 2.75) is 19.4 Å². The molecule has 1 saturated heterocycles. The van der Waals surface area contributed by atoms with Crippen LogP contribution in [0.4, 0.5) is 10.1 Å². The Morgan fingerprint density at radius 2 is 2.21 bits per heavy atom. The lowest BCUT2D eigenvalue weighted by atomic mass is 10.2. The van der Waals surface area contributed by atoms with E-state index in [2.05, 4.69) is 0 Å². The maximum Gasteiger partial charge on any atom is 0.311 e. The van der Waals surface area contributed by atoms with Crippen molar-refractivity contribution in [3.63, 3.8) is 0 Å². The Kier molecular flexibility index (Phi) is 5.37. The molecular formula is C14H17FN2O6S. The average molecular weight is 360 g/mol. The summed E-state index contributed by atoms with van der Waals surface area (Å²) < 4.78 is 41.4. The zero-order valence-corrected chi connectivity index (χ0v) is 13.8. The fourth-order valence-corrected chi connectivity index (χ4v) is 4.37. The van der Waals surface area contributed by atoms with Crippen molar-refractivity contribution in [3.05, 3.63) is 34.1 Å². The molecule has 0 bridgehead atoms. The van der Waals surface area contributed by atoms with E-state index in [1.54, 1.807) is 6.92 Å². The SMILES string of the molecule is CCN(C(=O)COc1cc(F)ccc1[N+](=O)[O-])C1CCS(=O)(=O)C1. The number of carbonyl (C=O) groups is 1. The summed E-state index contributed by atoms with van der Waals surface area (Å²) in [4.78, 5) is 23.8. The Balaban J connectivity index is 2.07. The van der Waals surface area contributed by atoms with Crippen LogP contribution in [-0.4, -0.2) is 54.8 Å². The molecule has 0 aliphatic carbocycles. The molecule has 1 unspecified atom stereocenters. The van der Waals surface area contributed by atoms with Gasteiger partial charge in [-0.15, -0.1) is 0 Å². The van der Waals surface area contributed by atoms with Crippen molar-refractivity contribution < 1.29 is 27.3 Å². The lowest BCUT2D eigenvalue weighted by molar-refractivity contribution is -0.385. The Bertz CT molecular complexity index is 752. The number of sulfone groups is 1. The number of rotatable bonds is 6. The van der Waals surface area contributed by atoms with Crippen molar-refractivity contribution >= 4 is 21.4 Å². The molecule has 0 radical (unpaired) electrons. The van der Waals surface area contributed by atoms with Crippen molar-refractivity contribution in [1.82, 2.24) is 4.90 Å². The number of carbonyl (C=O) groups excluding carboxylic acids is 1. The summed E-state index contributed by atoms with van der Waals surface area (Å²) in [6.07, 6.45) is 0.349. The summed E-state index contributed by atoms with van der Waals surface area (Å²) in [5, 5.41) is 10.9. The quantitative estimate of drug-likeness (QED) is 0.556. The summed E-state index contributed by atoms with van der Waals surface area (Å²) in [5.41, 5.74) is -0.448. The minimum Gasteiger partial charge on any atom is -0.477 e. The Morgan fingerprint density at radius 3 is 2.75 bits per heavy atom. The van der Waals surface area contributed by atoms with Crippen LogP contribution < -0.4 is 4.74 Å². The first-order valence-electron chi connectivity index (χ1n) is 7.30. The normalized spacial score (nSPS) is 19.0. The van der Waals surface area contributed by atoms with Crippen LogP contribution in [-0.2, 0) is 14.6 Å². The molecule has 24 heavy (non-hydrogen) atoms. The fourth-order valence-electron chi connectivity index (χ4n) is 2.64. The van der Waals surface area contributed by atoms with Gasteiger partial charge in [0.25, 0.3) is 5.91 Å². The van der Waals surface area contributed by atoms with Crippen LogP contribution in [0.1, 0.15) is 13.3 Å². The molecule has 0 spiro atoms. The van der Waals surface area contributed by atoms with Gasteiger partial charge in [0.1, 0.15) is 5.82 Å². The van der Waals surface area contributed by atoms with Crippen LogP contribution in [0.5, 0.6) is 5.75 Å². The molecule has 1 aromatic rings. The number of likely N-dealkylation sites (N-methyl/N-ethyl adjacent to an activating group) is 1. The van der Waals surface area contributed by atoms with Crippen LogP contribution in [0.3, 0.4) is 0 Å². The van der Waals surface area contributed by atoms with Crippen molar-refractivity contribution in [2.24, 2.45) is 0 Å². The lowest BCUT2D eigenvalue weighted by Crippen LogP contribution is -2.43. The molecular weight excluding hydrogens is 343 g/mol. The average Bonchev–Trinajstić information content (AvgIpc) is 2.85. The third-order valence-corrected chi connectivity index (χ3v) is 5.53. The molecule has 0 N–H and O–H groups in total. The molecule has 132 valence electrons. The summed E-state index contributed by atoms with van der Waals surface area (Å²) in [5.74, 6) is -1.65. The standard InChI is InChI=1S/C14H17FN2O6S/c1-2-16(11-5-6-24(21,22)9-11)14(18)8-23-13-7-10(15)3-4-12(13)17(19)20/h3-4,7,11H,2,5-6,8-9H2,1H3. The first kappa shape index (κ1) is 18.1. The maximum absolute atomic E-state index is 13.2. The van der Waals surface area contributed by atoms with Gasteiger partial charge in [0, 0.05) is 24.7 Å². The second kappa shape index (κ2) is 7.12. The van der Waals surface area contributed by atoms with Crippen LogP contribution in [0.25, 0.3) is 0 Å². The number of hydrogen-bond donors (Lipinski definition) is 0. The van der Waals surface area contributed by atoms with E-state index in [0.29, 0.717) is 6.42 Å². The zero-order chi connectivity index (χ0) is 17.9. The number of amides is 1. The van der Waals surface area contributed by atoms with E-state index in [-0.39, 0.29) is 23.8 Å². The van der Waals surface area contributed by atoms with Gasteiger partial charge in [-0.3, -0.25) is 14.9 Å². The minimum atomic E-state index is -3.15. The molecule has 1 fully saturated rings. The van der Waals surface area contributed by atoms with Gasteiger partial charge in [0.2, 0.25) is 5.75 Å². The number of nitro benzene ring substituents is 1. The van der Waals surface area contributed by atoms with E-state index in [9.17, 15) is 27.7 Å². The maximum atomic E-state index is 13.2. The minimum absolute atomic E-state index is 0.0255. The highest BCUT2D eigenvalue weighted by molar-refractivity contribution is 7.91. The number of nitrogens with zero attached hydrogens (tertiary/aromatic N) is 2. The molecule has 1 aliphatic rings. The first-order valence-corrected chi connectivity index (χ1v) is 9.12. The Hall–Kier alpha value is -2.23. The molecule has 2 rings (SSSR count). The molecule has 0 aromatic heterocycles. The summed E-state index contributed by atoms with van der Waals surface area (Å²) in [7, 11) is -3.15. The predicted molar refractivity (Wildman–Crippen MR) is 83.0 cm³/mol. The van der Waals surface area contributed by atoms with Crippen LogP contribution in [0.2, 0.25) is 0 Å². The smallest absolute Gasteiger partial charge is 0.311 e. The van der Waals surface area contributed by atoms with Gasteiger partial charge in [-0.2, -0.15) is 0 Å². The van der Waals surface area contributed by atoms with Gasteiger partial charge < -0.3 is 9.64 Å². The molecule has 1 atom stereocenters. The summed E-state index contributed by atoms with van der Waals surface area (Å²) in [6.45, 7) is 1.45. The monoisotopic (exact) mass is 360 g/mol. The first-order chi connectivity index (χ1) is 11.2. The largest absolute Gasteiger partial charge is 0.477 e. The Morgan fingerprint density at radius 1 is 1.50 bits per heavy atom. The molecule has 0 saturated carbocycles. The van der Waals surface area contributed by atoms with Gasteiger partial charge in [-0.05, 0) is 19.4 Å². The predicted octanol–water partition coefficient (Wildman–Crippen LogP) is 1.15. The highest BCUT2D eigenvalue weighted by atomic mass is 32.2. The second-order valence-electron chi connectivity index (χ2n) is 5.39. The van der Waals surface area contributed by atoms with Crippen molar-refractivity contribution in [2.75, 3.05) is 24.7 Å². The number of ether oxygens (including phenoxy) is 1. The van der Waals surface area contributed by atoms with E-state index < -0.39 is 44.8 Å². The van der Waals surface area contributed by atoms with Crippen molar-refractivity contribution in [3.8, 4) is 5.75 Å². The zero-order valence-electron chi connectivity index (χ0n) is 13.0. The molecule has 1 heterocycles. The van der Waals surface area contributed by atoms with Gasteiger partial charge in [-0.1, -0.05) is 0 Å².